The van der Waals surface area contributed by atoms with Crippen LogP contribution in [-0.4, -0.2) is 37.8 Å². The van der Waals surface area contributed by atoms with E-state index in [1.165, 1.54) is 0 Å². The Morgan fingerprint density at radius 2 is 1.81 bits per heavy atom. The van der Waals surface area contributed by atoms with E-state index in [1.54, 1.807) is 0 Å². The number of aromatic nitrogens is 4. The Bertz CT molecular complexity index is 949. The van der Waals surface area contributed by atoms with E-state index in [0.29, 0.717) is 12.5 Å². The van der Waals surface area contributed by atoms with Crippen LogP contribution in [0.2, 0.25) is 0 Å². The molecule has 0 saturated carbocycles. The number of rotatable bonds is 7. The van der Waals surface area contributed by atoms with E-state index in [2.05, 4.69) is 18.8 Å². The smallest absolute Gasteiger partial charge is 0.213 e. The predicted octanol–water partition coefficient (Wildman–Crippen LogP) is 3.65. The maximum atomic E-state index is 9.58. The average molecular weight is 368 g/mol. The average Bonchev–Trinajstić information content (AvgIpc) is 3.02. The van der Waals surface area contributed by atoms with Crippen molar-refractivity contribution >= 4 is 11.2 Å². The van der Waals surface area contributed by atoms with Crippen LogP contribution in [0.3, 0.4) is 0 Å². The van der Waals surface area contributed by atoms with Gasteiger partial charge in [0.1, 0.15) is 5.52 Å². The number of hydrogen-bond acceptors (Lipinski definition) is 5. The zero-order valence-electron chi connectivity index (χ0n) is 16.8. The third-order valence-electron chi connectivity index (χ3n) is 4.86. The summed E-state index contributed by atoms with van der Waals surface area (Å²) in [6.45, 7) is 8.81. The summed E-state index contributed by atoms with van der Waals surface area (Å²) < 4.78 is 7.54. The molecule has 1 N–H and O–H groups in total. The van der Waals surface area contributed by atoms with Crippen molar-refractivity contribution in [2.75, 3.05) is 13.2 Å². The zero-order chi connectivity index (χ0) is 19.6. The maximum absolute atomic E-state index is 9.58. The summed E-state index contributed by atoms with van der Waals surface area (Å²) in [6, 6.07) is 3.93. The SMILES string of the molecule is CCOc1ccc(-c2nc3c(nc2CC)c([C@H](C)CO)cn3C)c(CC)n1. The standard InChI is InChI=1S/C21H28N4O2/c1-6-16-14(9-10-18(22-16)27-8-3)19-17(7-2)23-20-15(13(4)12-26)11-25(5)21(20)24-19/h9-11,13,26H,6-8,12H2,1-5H3/t13-/m1/s1. The van der Waals surface area contributed by atoms with Gasteiger partial charge in [-0.05, 0) is 25.8 Å². The minimum atomic E-state index is 0.0249. The lowest BCUT2D eigenvalue weighted by Crippen LogP contribution is -2.04. The Morgan fingerprint density at radius 3 is 2.44 bits per heavy atom. The van der Waals surface area contributed by atoms with Gasteiger partial charge < -0.3 is 14.4 Å². The van der Waals surface area contributed by atoms with Crippen LogP contribution in [-0.2, 0) is 19.9 Å². The van der Waals surface area contributed by atoms with Gasteiger partial charge in [-0.25, -0.2) is 15.0 Å². The summed E-state index contributed by atoms with van der Waals surface area (Å²) in [7, 11) is 1.97. The van der Waals surface area contributed by atoms with Crippen molar-refractivity contribution in [1.82, 2.24) is 19.5 Å². The number of pyridine rings is 1. The highest BCUT2D eigenvalue weighted by Gasteiger charge is 2.20. The molecule has 0 aromatic carbocycles. The van der Waals surface area contributed by atoms with Gasteiger partial charge in [-0.1, -0.05) is 20.8 Å². The minimum absolute atomic E-state index is 0.0249. The summed E-state index contributed by atoms with van der Waals surface area (Å²) in [5.41, 5.74) is 6.52. The van der Waals surface area contributed by atoms with Gasteiger partial charge in [0.2, 0.25) is 5.88 Å². The number of hydrogen-bond donors (Lipinski definition) is 1. The molecule has 144 valence electrons. The number of aliphatic hydroxyl groups is 1. The fourth-order valence-electron chi connectivity index (χ4n) is 3.35. The van der Waals surface area contributed by atoms with Crippen LogP contribution in [0.5, 0.6) is 5.88 Å². The Labute approximate surface area is 160 Å². The fraction of sp³-hybridized carbons (Fsp3) is 0.476. The van der Waals surface area contributed by atoms with Crippen molar-refractivity contribution in [2.24, 2.45) is 7.05 Å². The predicted molar refractivity (Wildman–Crippen MR) is 107 cm³/mol. The number of nitrogens with zero attached hydrogens (tertiary/aromatic N) is 4. The van der Waals surface area contributed by atoms with E-state index in [4.69, 9.17) is 14.7 Å². The quantitative estimate of drug-likeness (QED) is 0.689. The molecule has 0 bridgehead atoms. The molecule has 0 aliphatic rings. The van der Waals surface area contributed by atoms with Crippen LogP contribution in [0.25, 0.3) is 22.4 Å². The highest BCUT2D eigenvalue weighted by Crippen LogP contribution is 2.31. The molecule has 6 nitrogen and oxygen atoms in total. The van der Waals surface area contributed by atoms with Gasteiger partial charge in [0, 0.05) is 43.0 Å². The van der Waals surface area contributed by atoms with Crippen molar-refractivity contribution in [1.29, 1.82) is 0 Å². The highest BCUT2D eigenvalue weighted by molar-refractivity contribution is 5.80. The van der Waals surface area contributed by atoms with Crippen molar-refractivity contribution in [3.63, 3.8) is 0 Å². The molecule has 0 fully saturated rings. The lowest BCUT2D eigenvalue weighted by Gasteiger charge is -2.13. The molecular weight excluding hydrogens is 340 g/mol. The Kier molecular flexibility index (Phi) is 5.75. The molecule has 0 spiro atoms. The van der Waals surface area contributed by atoms with E-state index >= 15 is 0 Å². The second kappa shape index (κ2) is 8.05. The van der Waals surface area contributed by atoms with E-state index in [0.717, 1.165) is 52.2 Å². The molecular formula is C21H28N4O2. The lowest BCUT2D eigenvalue weighted by molar-refractivity contribution is 0.273. The highest BCUT2D eigenvalue weighted by atomic mass is 16.5. The van der Waals surface area contributed by atoms with Gasteiger partial charge in [-0.15, -0.1) is 0 Å². The first-order valence-corrected chi connectivity index (χ1v) is 9.63. The number of aliphatic hydroxyl groups excluding tert-OH is 1. The molecule has 3 rings (SSSR count). The normalized spacial score (nSPS) is 12.5. The summed E-state index contributed by atoms with van der Waals surface area (Å²) >= 11 is 0. The molecule has 1 atom stereocenters. The van der Waals surface area contributed by atoms with Gasteiger partial charge in [0.15, 0.2) is 5.65 Å². The van der Waals surface area contributed by atoms with Crippen molar-refractivity contribution in [3.05, 3.63) is 35.3 Å². The van der Waals surface area contributed by atoms with Crippen LogP contribution >= 0.6 is 0 Å². The topological polar surface area (TPSA) is 73.1 Å². The Balaban J connectivity index is 2.21. The molecule has 3 aromatic rings. The van der Waals surface area contributed by atoms with Crippen molar-refractivity contribution < 1.29 is 9.84 Å². The molecule has 0 unspecified atom stereocenters. The molecule has 0 aliphatic carbocycles. The second-order valence-corrected chi connectivity index (χ2v) is 6.75. The number of ether oxygens (including phenoxy) is 1. The first kappa shape index (κ1) is 19.3. The van der Waals surface area contributed by atoms with Crippen LogP contribution < -0.4 is 4.74 Å². The summed E-state index contributed by atoms with van der Waals surface area (Å²) in [4.78, 5) is 14.6. The van der Waals surface area contributed by atoms with Gasteiger partial charge in [0.25, 0.3) is 0 Å². The molecule has 3 heterocycles. The second-order valence-electron chi connectivity index (χ2n) is 6.75. The summed E-state index contributed by atoms with van der Waals surface area (Å²) in [5, 5.41) is 9.58. The van der Waals surface area contributed by atoms with Gasteiger partial charge in [-0.2, -0.15) is 0 Å². The molecule has 0 radical (unpaired) electrons. The summed E-state index contributed by atoms with van der Waals surface area (Å²) in [5.74, 6) is 0.667. The van der Waals surface area contributed by atoms with Crippen LogP contribution in [0.1, 0.15) is 50.6 Å². The molecule has 0 saturated heterocycles. The minimum Gasteiger partial charge on any atom is -0.478 e. The van der Waals surface area contributed by atoms with E-state index in [-0.39, 0.29) is 12.5 Å². The molecule has 0 aliphatic heterocycles. The third kappa shape index (κ3) is 3.54. The van der Waals surface area contributed by atoms with Crippen molar-refractivity contribution in [2.45, 2.75) is 46.5 Å². The Morgan fingerprint density at radius 1 is 1.07 bits per heavy atom. The zero-order valence-corrected chi connectivity index (χ0v) is 16.8. The Hall–Kier alpha value is -2.47. The largest absolute Gasteiger partial charge is 0.478 e. The number of fused-ring (bicyclic) bond motifs is 1. The van der Waals surface area contributed by atoms with E-state index in [1.807, 2.05) is 43.8 Å². The monoisotopic (exact) mass is 368 g/mol. The lowest BCUT2D eigenvalue weighted by atomic mass is 10.0. The van der Waals surface area contributed by atoms with Crippen LogP contribution in [0.4, 0.5) is 0 Å². The maximum Gasteiger partial charge on any atom is 0.213 e. The fourth-order valence-corrected chi connectivity index (χ4v) is 3.35. The molecule has 27 heavy (non-hydrogen) atoms. The first-order valence-electron chi connectivity index (χ1n) is 9.63. The van der Waals surface area contributed by atoms with Crippen LogP contribution in [0.15, 0.2) is 18.3 Å². The van der Waals surface area contributed by atoms with Crippen LogP contribution in [0, 0.1) is 0 Å². The first-order chi connectivity index (χ1) is 13.0. The van der Waals surface area contributed by atoms with Gasteiger partial charge in [-0.3, -0.25) is 0 Å². The van der Waals surface area contributed by atoms with Crippen molar-refractivity contribution in [3.8, 4) is 17.1 Å². The van der Waals surface area contributed by atoms with Gasteiger partial charge in [0.05, 0.1) is 23.7 Å². The number of aryl methyl sites for hydroxylation is 3. The van der Waals surface area contributed by atoms with E-state index < -0.39 is 0 Å². The molecule has 3 aromatic heterocycles. The third-order valence-corrected chi connectivity index (χ3v) is 4.86. The van der Waals surface area contributed by atoms with Gasteiger partial charge >= 0.3 is 0 Å². The van der Waals surface area contributed by atoms with E-state index in [9.17, 15) is 5.11 Å². The molecule has 0 amide bonds. The molecule has 6 heteroatoms. The summed E-state index contributed by atoms with van der Waals surface area (Å²) in [6.07, 6.45) is 3.58.